The van der Waals surface area contributed by atoms with Crippen molar-refractivity contribution >= 4 is 67.0 Å². The third-order valence-electron chi connectivity index (χ3n) is 17.0. The Hall–Kier alpha value is -11.4. The van der Waals surface area contributed by atoms with E-state index in [1.165, 1.54) is 49.7 Å². The number of anilines is 6. The van der Waals surface area contributed by atoms with Crippen molar-refractivity contribution in [1.29, 1.82) is 0 Å². The lowest BCUT2D eigenvalue weighted by Gasteiger charge is -2.27. The number of aromatic nitrogens is 3. The molecule has 0 saturated carbocycles. The maximum Gasteiger partial charge on any atom is 0.0973 e. The number of benzene rings is 13. The lowest BCUT2D eigenvalue weighted by atomic mass is 9.89. The summed E-state index contributed by atoms with van der Waals surface area (Å²) >= 11 is 0. The number of rotatable bonds is 12. The number of para-hydroxylation sites is 4. The Morgan fingerprint density at radius 3 is 1.31 bits per heavy atom. The molecule has 2 aromatic heterocycles. The second-order valence-corrected chi connectivity index (χ2v) is 22.1. The van der Waals surface area contributed by atoms with Gasteiger partial charge in [0.2, 0.25) is 0 Å². The molecule has 13 aromatic carbocycles. The van der Waals surface area contributed by atoms with Crippen molar-refractivity contribution in [1.82, 2.24) is 14.5 Å². The molecule has 16 rings (SSSR count). The largest absolute Gasteiger partial charge is 0.310 e. The van der Waals surface area contributed by atoms with Crippen molar-refractivity contribution in [3.05, 3.63) is 344 Å². The number of nitrogens with zero attached hydrogens (tertiary/aromatic N) is 5. The maximum atomic E-state index is 5.43. The second-order valence-electron chi connectivity index (χ2n) is 22.1. The molecule has 5 nitrogen and oxygen atoms in total. The van der Waals surface area contributed by atoms with Crippen LogP contribution in [0.3, 0.4) is 0 Å². The zero-order valence-electron chi connectivity index (χ0n) is 47.0. The van der Waals surface area contributed by atoms with Gasteiger partial charge in [-0.15, -0.1) is 0 Å². The van der Waals surface area contributed by atoms with Crippen molar-refractivity contribution in [3.63, 3.8) is 0 Å². The molecule has 0 saturated heterocycles. The van der Waals surface area contributed by atoms with Gasteiger partial charge in [0, 0.05) is 67.6 Å². The van der Waals surface area contributed by atoms with Gasteiger partial charge in [-0.2, -0.15) is 0 Å². The maximum absolute atomic E-state index is 5.43. The zero-order valence-corrected chi connectivity index (χ0v) is 47.0. The summed E-state index contributed by atoms with van der Waals surface area (Å²) in [6, 6.07) is 118. The molecule has 0 N–H and O–H groups in total. The minimum atomic E-state index is 0.158. The summed E-state index contributed by atoms with van der Waals surface area (Å²) in [4.78, 5) is 15.6. The fourth-order valence-corrected chi connectivity index (χ4v) is 13.0. The Labute approximate surface area is 500 Å². The van der Waals surface area contributed by atoms with Gasteiger partial charge in [0.15, 0.2) is 0 Å². The van der Waals surface area contributed by atoms with E-state index < -0.39 is 0 Å². The molecule has 1 aliphatic carbocycles. The first-order chi connectivity index (χ1) is 42.6. The highest BCUT2D eigenvalue weighted by Gasteiger charge is 2.31. The van der Waals surface area contributed by atoms with Gasteiger partial charge in [-0.3, -0.25) is 0 Å². The molecule has 0 radical (unpaired) electrons. The Morgan fingerprint density at radius 1 is 0.267 bits per heavy atom. The topological polar surface area (TPSA) is 37.2 Å². The molecule has 1 unspecified atom stereocenters. The van der Waals surface area contributed by atoms with E-state index in [2.05, 4.69) is 330 Å². The van der Waals surface area contributed by atoms with Gasteiger partial charge in [-0.05, 0) is 159 Å². The second kappa shape index (κ2) is 21.4. The smallest absolute Gasteiger partial charge is 0.0973 e. The van der Waals surface area contributed by atoms with Crippen LogP contribution in [0.1, 0.15) is 22.6 Å². The summed E-state index contributed by atoms with van der Waals surface area (Å²) in [7, 11) is 0. The average Bonchev–Trinajstić information content (AvgIpc) is 2.78. The van der Waals surface area contributed by atoms with Crippen LogP contribution in [-0.4, -0.2) is 14.5 Å². The predicted octanol–water partition coefficient (Wildman–Crippen LogP) is 21.5. The van der Waals surface area contributed by atoms with Gasteiger partial charge < -0.3 is 14.4 Å². The lowest BCUT2D eigenvalue weighted by molar-refractivity contribution is 1.01. The third-order valence-corrected chi connectivity index (χ3v) is 17.0. The van der Waals surface area contributed by atoms with Crippen LogP contribution in [0.2, 0.25) is 0 Å². The minimum absolute atomic E-state index is 0.158. The molecule has 404 valence electrons. The quantitative estimate of drug-likeness (QED) is 0.122. The van der Waals surface area contributed by atoms with Crippen molar-refractivity contribution in [2.45, 2.75) is 5.92 Å². The van der Waals surface area contributed by atoms with Gasteiger partial charge in [0.1, 0.15) is 0 Å². The molecule has 0 bridgehead atoms. The van der Waals surface area contributed by atoms with Crippen molar-refractivity contribution < 1.29 is 0 Å². The van der Waals surface area contributed by atoms with Gasteiger partial charge in [-0.25, -0.2) is 9.97 Å². The van der Waals surface area contributed by atoms with Gasteiger partial charge in [-0.1, -0.05) is 218 Å². The fourth-order valence-electron chi connectivity index (χ4n) is 13.0. The van der Waals surface area contributed by atoms with Crippen LogP contribution in [-0.2, 0) is 0 Å². The Balaban J connectivity index is 0.805. The Morgan fingerprint density at radius 2 is 0.709 bits per heavy atom. The van der Waals surface area contributed by atoms with Crippen LogP contribution in [0.5, 0.6) is 0 Å². The molecule has 5 heteroatoms. The summed E-state index contributed by atoms with van der Waals surface area (Å²) in [5.41, 5.74) is 26.1. The monoisotopic (exact) mass is 1100 g/mol. The molecule has 0 amide bonds. The van der Waals surface area contributed by atoms with Crippen molar-refractivity contribution in [2.24, 2.45) is 0 Å². The van der Waals surface area contributed by atoms with Crippen LogP contribution < -0.4 is 9.80 Å². The highest BCUT2D eigenvalue weighted by Crippen LogP contribution is 2.51. The van der Waals surface area contributed by atoms with Crippen LogP contribution in [0, 0.1) is 0 Å². The van der Waals surface area contributed by atoms with Crippen LogP contribution in [0.4, 0.5) is 34.1 Å². The molecule has 86 heavy (non-hydrogen) atoms. The predicted molar refractivity (Wildman–Crippen MR) is 358 cm³/mol. The van der Waals surface area contributed by atoms with E-state index in [0.717, 1.165) is 95.6 Å². The highest BCUT2D eigenvalue weighted by molar-refractivity contribution is 6.11. The Bertz CT molecular complexity index is 4980. The molecule has 2 heterocycles. The zero-order chi connectivity index (χ0) is 56.9. The molecular formula is C81H55N5. The third kappa shape index (κ3) is 8.98. The summed E-state index contributed by atoms with van der Waals surface area (Å²) in [5, 5.41) is 2.39. The van der Waals surface area contributed by atoms with E-state index in [-0.39, 0.29) is 5.92 Å². The van der Waals surface area contributed by atoms with Gasteiger partial charge in [0.05, 0.1) is 33.5 Å². The number of hydrogen-bond donors (Lipinski definition) is 0. The molecule has 0 aliphatic heterocycles. The van der Waals surface area contributed by atoms with E-state index in [0.29, 0.717) is 0 Å². The SMILES string of the molecule is c1ccc(-c2cccc(N(c3ccc(-c4nc5ccccc5nc4-c4ccc(N(c5cccc(-c6ccccc6)c5)c5ccc6c(c5)c5ccccc5n6-c5ccccc5)cc4)cc3)c3ccc4c(c3)-c3ccccc3C4c3ccccc3)c2)cc1. The van der Waals surface area contributed by atoms with Crippen LogP contribution in [0.25, 0.3) is 94.4 Å². The van der Waals surface area contributed by atoms with E-state index in [9.17, 15) is 0 Å². The standard InChI is InChI=1S/C81H55N5/c1-5-21-55(22-6-1)60-27-19-31-65(51-60)84(67-47-49-72-73(53-67)69-33-13-14-35-71(69)79(72)57-25-9-3-10-26-57)63-43-39-58(40-44-63)80-81(83-76-37-17-16-36-75(76)82-80)59-41-45-64(46-42-59)85(66-32-20-28-61(52-66)56-23-7-2-8-24-56)68-48-50-78-74(54-68)70-34-15-18-38-77(70)86(78)62-29-11-4-12-30-62/h1-54,79H. The highest BCUT2D eigenvalue weighted by atomic mass is 15.1. The molecule has 1 atom stereocenters. The van der Waals surface area contributed by atoms with Gasteiger partial charge in [0.25, 0.3) is 0 Å². The van der Waals surface area contributed by atoms with Crippen LogP contribution >= 0.6 is 0 Å². The first-order valence-electron chi connectivity index (χ1n) is 29.4. The molecule has 0 fully saturated rings. The van der Waals surface area contributed by atoms with E-state index >= 15 is 0 Å². The molecule has 1 aliphatic rings. The fraction of sp³-hybridized carbons (Fsp3) is 0.0123. The molecule has 15 aromatic rings. The van der Waals surface area contributed by atoms with Crippen molar-refractivity contribution in [3.8, 4) is 61.6 Å². The molecule has 0 spiro atoms. The first-order valence-corrected chi connectivity index (χ1v) is 29.4. The minimum Gasteiger partial charge on any atom is -0.310 e. The van der Waals surface area contributed by atoms with E-state index in [1.807, 2.05) is 12.1 Å². The summed E-state index contributed by atoms with van der Waals surface area (Å²) in [6.45, 7) is 0. The Kier molecular flexibility index (Phi) is 12.5. The van der Waals surface area contributed by atoms with Crippen molar-refractivity contribution in [2.75, 3.05) is 9.80 Å². The van der Waals surface area contributed by atoms with Crippen LogP contribution in [0.15, 0.2) is 328 Å². The first kappa shape index (κ1) is 50.3. The summed E-state index contributed by atoms with van der Waals surface area (Å²) in [6.07, 6.45) is 0. The number of fused-ring (bicyclic) bond motifs is 7. The number of hydrogen-bond acceptors (Lipinski definition) is 4. The summed E-state index contributed by atoms with van der Waals surface area (Å²) < 4.78 is 2.37. The van der Waals surface area contributed by atoms with E-state index in [4.69, 9.17) is 9.97 Å². The molecular weight excluding hydrogens is 1040 g/mol. The average molecular weight is 1100 g/mol. The van der Waals surface area contributed by atoms with Gasteiger partial charge >= 0.3 is 0 Å². The summed E-state index contributed by atoms with van der Waals surface area (Å²) in [5.74, 6) is 0.158. The lowest BCUT2D eigenvalue weighted by Crippen LogP contribution is -2.10. The normalized spacial score (nSPS) is 12.5. The van der Waals surface area contributed by atoms with E-state index in [1.54, 1.807) is 0 Å².